The van der Waals surface area contributed by atoms with E-state index in [1.165, 1.54) is 5.56 Å². The monoisotopic (exact) mass is 205 g/mol. The summed E-state index contributed by atoms with van der Waals surface area (Å²) >= 11 is 0. The van der Waals surface area contributed by atoms with Crippen molar-refractivity contribution in [2.75, 3.05) is 7.11 Å². The van der Waals surface area contributed by atoms with Crippen LogP contribution in [0.4, 0.5) is 0 Å². The van der Waals surface area contributed by atoms with Crippen molar-refractivity contribution < 1.29 is 4.74 Å². The highest BCUT2D eigenvalue weighted by Gasteiger charge is 2.04. The van der Waals surface area contributed by atoms with Gasteiger partial charge in [0.25, 0.3) is 0 Å². The van der Waals surface area contributed by atoms with Gasteiger partial charge in [0, 0.05) is 6.04 Å². The summed E-state index contributed by atoms with van der Waals surface area (Å²) in [7, 11) is 1.67. The van der Waals surface area contributed by atoms with E-state index in [1.54, 1.807) is 7.11 Å². The molecule has 0 saturated carbocycles. The Kier molecular flexibility index (Phi) is 4.91. The van der Waals surface area contributed by atoms with Gasteiger partial charge in [-0.05, 0) is 37.0 Å². The van der Waals surface area contributed by atoms with Crippen molar-refractivity contribution in [1.82, 2.24) is 0 Å². The molecule has 0 radical (unpaired) electrons. The number of nitrogens with two attached hydrogens (primary N) is 1. The number of hydrogen-bond donors (Lipinski definition) is 1. The molecule has 0 aromatic heterocycles. The van der Waals surface area contributed by atoms with Gasteiger partial charge in [-0.15, -0.1) is 6.58 Å². The van der Waals surface area contributed by atoms with Crippen LogP contribution >= 0.6 is 0 Å². The highest BCUT2D eigenvalue weighted by Crippen LogP contribution is 2.19. The maximum Gasteiger partial charge on any atom is 0.118 e. The van der Waals surface area contributed by atoms with Gasteiger partial charge in [0.15, 0.2) is 0 Å². The van der Waals surface area contributed by atoms with Crippen molar-refractivity contribution in [3.63, 3.8) is 0 Å². The Bertz CT molecular complexity index is 292. The molecule has 0 fully saturated rings. The summed E-state index contributed by atoms with van der Waals surface area (Å²) in [5, 5.41) is 0. The van der Waals surface area contributed by atoms with E-state index in [-0.39, 0.29) is 6.04 Å². The molecule has 2 heteroatoms. The van der Waals surface area contributed by atoms with E-state index in [9.17, 15) is 0 Å². The first kappa shape index (κ1) is 11.8. The van der Waals surface area contributed by atoms with Crippen LogP contribution in [0.2, 0.25) is 0 Å². The van der Waals surface area contributed by atoms with Crippen LogP contribution in [-0.2, 0) is 0 Å². The smallest absolute Gasteiger partial charge is 0.118 e. The zero-order chi connectivity index (χ0) is 11.1. The third kappa shape index (κ3) is 3.76. The van der Waals surface area contributed by atoms with E-state index in [0.717, 1.165) is 25.0 Å². The minimum atomic E-state index is 0.121. The summed E-state index contributed by atoms with van der Waals surface area (Å²) in [5.74, 6) is 0.872. The van der Waals surface area contributed by atoms with Crippen molar-refractivity contribution >= 4 is 0 Å². The molecule has 15 heavy (non-hydrogen) atoms. The van der Waals surface area contributed by atoms with Gasteiger partial charge >= 0.3 is 0 Å². The number of ether oxygens (including phenoxy) is 1. The standard InChI is InChI=1S/C13H19NO/c1-3-4-5-6-13(14)11-7-9-12(15-2)10-8-11/h3,7-10,13H,1,4-6,14H2,2H3. The van der Waals surface area contributed by atoms with Crippen molar-refractivity contribution in [2.45, 2.75) is 25.3 Å². The average molecular weight is 205 g/mol. The fraction of sp³-hybridized carbons (Fsp3) is 0.385. The van der Waals surface area contributed by atoms with E-state index in [1.807, 2.05) is 30.3 Å². The van der Waals surface area contributed by atoms with E-state index in [2.05, 4.69) is 6.58 Å². The molecule has 0 bridgehead atoms. The average Bonchev–Trinajstić information content (AvgIpc) is 2.29. The van der Waals surface area contributed by atoms with E-state index in [0.29, 0.717) is 0 Å². The Morgan fingerprint density at radius 3 is 2.60 bits per heavy atom. The fourth-order valence-electron chi connectivity index (χ4n) is 1.50. The number of rotatable bonds is 6. The molecule has 1 atom stereocenters. The van der Waals surface area contributed by atoms with Gasteiger partial charge in [0.1, 0.15) is 5.75 Å². The quantitative estimate of drug-likeness (QED) is 0.572. The van der Waals surface area contributed by atoms with E-state index >= 15 is 0 Å². The normalized spacial score (nSPS) is 12.1. The van der Waals surface area contributed by atoms with Crippen LogP contribution in [0.5, 0.6) is 5.75 Å². The largest absolute Gasteiger partial charge is 0.497 e. The first-order valence-corrected chi connectivity index (χ1v) is 5.28. The fourth-order valence-corrected chi connectivity index (χ4v) is 1.50. The van der Waals surface area contributed by atoms with Crippen molar-refractivity contribution in [1.29, 1.82) is 0 Å². The molecule has 2 nitrogen and oxygen atoms in total. The molecule has 0 aliphatic heterocycles. The van der Waals surface area contributed by atoms with Gasteiger partial charge in [0.05, 0.1) is 7.11 Å². The number of benzene rings is 1. The second kappa shape index (κ2) is 6.25. The highest BCUT2D eigenvalue weighted by atomic mass is 16.5. The molecule has 0 aliphatic carbocycles. The molecule has 0 saturated heterocycles. The van der Waals surface area contributed by atoms with Crippen LogP contribution in [0.15, 0.2) is 36.9 Å². The topological polar surface area (TPSA) is 35.2 Å². The summed E-state index contributed by atoms with van der Waals surface area (Å²) < 4.78 is 5.09. The highest BCUT2D eigenvalue weighted by molar-refractivity contribution is 5.28. The lowest BCUT2D eigenvalue weighted by molar-refractivity contribution is 0.414. The molecule has 82 valence electrons. The van der Waals surface area contributed by atoms with Gasteiger partial charge in [-0.25, -0.2) is 0 Å². The molecular weight excluding hydrogens is 186 g/mol. The second-order valence-electron chi connectivity index (χ2n) is 3.60. The molecule has 2 N–H and O–H groups in total. The number of allylic oxidation sites excluding steroid dienone is 1. The SMILES string of the molecule is C=CCCCC(N)c1ccc(OC)cc1. The van der Waals surface area contributed by atoms with Gasteiger partial charge in [-0.2, -0.15) is 0 Å². The number of unbranched alkanes of at least 4 members (excludes halogenated alkanes) is 1. The van der Waals surface area contributed by atoms with Crippen LogP contribution < -0.4 is 10.5 Å². The molecule has 1 unspecified atom stereocenters. The third-order valence-electron chi connectivity index (χ3n) is 2.47. The van der Waals surface area contributed by atoms with Crippen molar-refractivity contribution in [3.05, 3.63) is 42.5 Å². The predicted molar refractivity (Wildman–Crippen MR) is 64.0 cm³/mol. The summed E-state index contributed by atoms with van der Waals surface area (Å²) in [6, 6.07) is 8.07. The maximum atomic E-state index is 6.05. The maximum absolute atomic E-state index is 6.05. The lowest BCUT2D eigenvalue weighted by Crippen LogP contribution is -2.09. The van der Waals surface area contributed by atoms with E-state index < -0.39 is 0 Å². The number of methoxy groups -OCH3 is 1. The van der Waals surface area contributed by atoms with Gasteiger partial charge in [0.2, 0.25) is 0 Å². The summed E-state index contributed by atoms with van der Waals surface area (Å²) in [6.07, 6.45) is 5.06. The second-order valence-corrected chi connectivity index (χ2v) is 3.60. The Balaban J connectivity index is 2.50. The van der Waals surface area contributed by atoms with Crippen molar-refractivity contribution in [2.24, 2.45) is 5.73 Å². The van der Waals surface area contributed by atoms with Crippen LogP contribution in [-0.4, -0.2) is 7.11 Å². The molecule has 0 heterocycles. The minimum absolute atomic E-state index is 0.121. The molecular formula is C13H19NO. The lowest BCUT2D eigenvalue weighted by atomic mass is 10.0. The van der Waals surface area contributed by atoms with Crippen LogP contribution in [0.1, 0.15) is 30.9 Å². The zero-order valence-corrected chi connectivity index (χ0v) is 9.28. The van der Waals surface area contributed by atoms with Gasteiger partial charge in [-0.3, -0.25) is 0 Å². The Hall–Kier alpha value is -1.28. The van der Waals surface area contributed by atoms with Crippen LogP contribution in [0.25, 0.3) is 0 Å². The molecule has 0 spiro atoms. The molecule has 0 amide bonds. The minimum Gasteiger partial charge on any atom is -0.497 e. The lowest BCUT2D eigenvalue weighted by Gasteiger charge is -2.11. The predicted octanol–water partition coefficient (Wildman–Crippen LogP) is 3.05. The molecule has 0 aliphatic rings. The van der Waals surface area contributed by atoms with Crippen LogP contribution in [0, 0.1) is 0 Å². The molecule has 1 rings (SSSR count). The first-order valence-electron chi connectivity index (χ1n) is 5.28. The van der Waals surface area contributed by atoms with Crippen molar-refractivity contribution in [3.8, 4) is 5.75 Å². The summed E-state index contributed by atoms with van der Waals surface area (Å²) in [5.41, 5.74) is 7.22. The third-order valence-corrected chi connectivity index (χ3v) is 2.47. The Labute approximate surface area is 91.7 Å². The Morgan fingerprint density at radius 1 is 1.40 bits per heavy atom. The van der Waals surface area contributed by atoms with Gasteiger partial charge in [-0.1, -0.05) is 18.2 Å². The molecule has 1 aromatic rings. The summed E-state index contributed by atoms with van der Waals surface area (Å²) in [4.78, 5) is 0. The van der Waals surface area contributed by atoms with E-state index in [4.69, 9.17) is 10.5 Å². The zero-order valence-electron chi connectivity index (χ0n) is 9.28. The first-order chi connectivity index (χ1) is 7.27. The Morgan fingerprint density at radius 2 is 2.07 bits per heavy atom. The molecule has 1 aromatic carbocycles. The number of hydrogen-bond acceptors (Lipinski definition) is 2. The summed E-state index contributed by atoms with van der Waals surface area (Å²) in [6.45, 7) is 3.70. The van der Waals surface area contributed by atoms with Gasteiger partial charge < -0.3 is 10.5 Å². The van der Waals surface area contributed by atoms with Crippen LogP contribution in [0.3, 0.4) is 0 Å².